The molecule has 0 fully saturated rings. The Labute approximate surface area is 145 Å². The molecule has 11 heteroatoms. The van der Waals surface area contributed by atoms with Gasteiger partial charge in [0, 0.05) is 6.20 Å². The molecule has 0 amide bonds. The molecule has 2 heterocycles. The summed E-state index contributed by atoms with van der Waals surface area (Å²) in [5.41, 5.74) is -1.35. The maximum absolute atomic E-state index is 14.4. The second kappa shape index (κ2) is 5.96. The molecule has 128 valence electrons. The number of hydrogen-bond acceptors (Lipinski definition) is 5. The van der Waals surface area contributed by atoms with Gasteiger partial charge in [-0.3, -0.25) is 0 Å². The number of halogens is 2. The molecule has 0 saturated carbocycles. The van der Waals surface area contributed by atoms with E-state index < -0.39 is 37.7 Å². The number of nitrogens with one attached hydrogen (secondary N) is 1. The fourth-order valence-corrected chi connectivity index (χ4v) is 3.27. The highest BCUT2D eigenvalue weighted by molar-refractivity contribution is 7.89. The molecule has 3 rings (SSSR count). The summed E-state index contributed by atoms with van der Waals surface area (Å²) in [6.07, 6.45) is 1.30. The average molecular weight is 382 g/mol. The van der Waals surface area contributed by atoms with Crippen molar-refractivity contribution in [2.24, 2.45) is 0 Å². The molecule has 25 heavy (non-hydrogen) atoms. The van der Waals surface area contributed by atoms with Gasteiger partial charge in [0.15, 0.2) is 5.65 Å². The van der Waals surface area contributed by atoms with Crippen molar-refractivity contribution in [2.45, 2.75) is 4.90 Å². The van der Waals surface area contributed by atoms with Gasteiger partial charge in [0.2, 0.25) is 10.0 Å². The molecule has 0 aliphatic rings. The van der Waals surface area contributed by atoms with Crippen LogP contribution in [0, 0.1) is 17.1 Å². The Hall–Kier alpha value is -2.74. The topological polar surface area (TPSA) is 109 Å². The van der Waals surface area contributed by atoms with Crippen molar-refractivity contribution >= 4 is 27.3 Å². The van der Waals surface area contributed by atoms with Crippen molar-refractivity contribution in [3.05, 3.63) is 57.3 Å². The first-order valence-corrected chi connectivity index (χ1v) is 8.59. The molecule has 3 aromatic rings. The number of nitrogens with zero attached hydrogens (tertiary/aromatic N) is 4. The van der Waals surface area contributed by atoms with Gasteiger partial charge in [0.1, 0.15) is 22.5 Å². The van der Waals surface area contributed by atoms with Crippen LogP contribution in [0.15, 0.2) is 40.2 Å². The van der Waals surface area contributed by atoms with Crippen LogP contribution in [0.25, 0.3) is 11.3 Å². The lowest BCUT2D eigenvalue weighted by Gasteiger charge is -2.08. The molecule has 2 aromatic heterocycles. The Morgan fingerprint density at radius 3 is 2.72 bits per heavy atom. The Bertz CT molecular complexity index is 1210. The van der Waals surface area contributed by atoms with Gasteiger partial charge in [0.05, 0.1) is 10.6 Å². The second-order valence-electron chi connectivity index (χ2n) is 4.89. The first-order chi connectivity index (χ1) is 11.8. The number of sulfonamides is 1. The largest absolute Gasteiger partial charge is 0.355 e. The lowest BCUT2D eigenvalue weighted by atomic mass is 10.2. The van der Waals surface area contributed by atoms with E-state index >= 15 is 0 Å². The number of rotatable bonds is 3. The molecule has 0 bridgehead atoms. The fourth-order valence-electron chi connectivity index (χ4n) is 2.23. The summed E-state index contributed by atoms with van der Waals surface area (Å²) in [5, 5.41) is 13.3. The van der Waals surface area contributed by atoms with Crippen molar-refractivity contribution < 1.29 is 12.8 Å². The highest BCUT2D eigenvalue weighted by atomic mass is 35.5. The Kier molecular flexibility index (Phi) is 4.08. The molecular weight excluding hydrogens is 373 g/mol. The van der Waals surface area contributed by atoms with Gasteiger partial charge in [-0.05, 0) is 31.3 Å². The van der Waals surface area contributed by atoms with Crippen LogP contribution in [-0.2, 0) is 10.0 Å². The van der Waals surface area contributed by atoms with E-state index in [0.29, 0.717) is 4.68 Å². The summed E-state index contributed by atoms with van der Waals surface area (Å²) in [4.78, 5) is 12.0. The Morgan fingerprint density at radius 2 is 2.08 bits per heavy atom. The van der Waals surface area contributed by atoms with Gasteiger partial charge in [-0.2, -0.15) is 9.94 Å². The number of fused-ring (bicyclic) bond motifs is 1. The van der Waals surface area contributed by atoms with Crippen molar-refractivity contribution in [1.82, 2.24) is 18.9 Å². The molecule has 0 spiro atoms. The lowest BCUT2D eigenvalue weighted by molar-refractivity contribution is 0.584. The van der Waals surface area contributed by atoms with E-state index in [1.54, 1.807) is 6.07 Å². The van der Waals surface area contributed by atoms with Crippen molar-refractivity contribution in [3.63, 3.8) is 0 Å². The number of nitriles is 1. The van der Waals surface area contributed by atoms with Gasteiger partial charge in [-0.1, -0.05) is 11.6 Å². The second-order valence-corrected chi connectivity index (χ2v) is 7.18. The minimum atomic E-state index is -4.05. The summed E-state index contributed by atoms with van der Waals surface area (Å²) < 4.78 is 42.3. The van der Waals surface area contributed by atoms with E-state index in [9.17, 15) is 17.6 Å². The molecule has 0 aliphatic carbocycles. The SMILES string of the molecule is CNS(=O)(=O)c1cc(-n2nc3ccc(Cl)cn3c2=O)c(F)cc1C#N. The number of hydrogen-bond donors (Lipinski definition) is 1. The van der Waals surface area contributed by atoms with Crippen molar-refractivity contribution in [1.29, 1.82) is 5.26 Å². The van der Waals surface area contributed by atoms with Crippen LogP contribution in [0.4, 0.5) is 4.39 Å². The summed E-state index contributed by atoms with van der Waals surface area (Å²) in [7, 11) is -2.90. The molecule has 0 radical (unpaired) electrons. The van der Waals surface area contributed by atoms with E-state index in [1.165, 1.54) is 18.3 Å². The molecule has 1 N–H and O–H groups in total. The fraction of sp³-hybridized carbons (Fsp3) is 0.0714. The van der Waals surface area contributed by atoms with Gasteiger partial charge < -0.3 is 0 Å². The highest BCUT2D eigenvalue weighted by Crippen LogP contribution is 2.22. The average Bonchev–Trinajstić information content (AvgIpc) is 2.90. The third-order valence-electron chi connectivity index (χ3n) is 3.44. The molecular formula is C14H9ClFN5O3S. The Balaban J connectivity index is 2.36. The minimum absolute atomic E-state index is 0.191. The maximum Gasteiger partial charge on any atom is 0.355 e. The van der Waals surface area contributed by atoms with Crippen molar-refractivity contribution in [2.75, 3.05) is 7.05 Å². The van der Waals surface area contributed by atoms with E-state index in [-0.39, 0.29) is 10.7 Å². The highest BCUT2D eigenvalue weighted by Gasteiger charge is 2.22. The molecule has 8 nitrogen and oxygen atoms in total. The van der Waals surface area contributed by atoms with Gasteiger partial charge >= 0.3 is 5.69 Å². The van der Waals surface area contributed by atoms with Crippen LogP contribution in [0.2, 0.25) is 5.02 Å². The van der Waals surface area contributed by atoms with Crippen LogP contribution >= 0.6 is 11.6 Å². The minimum Gasteiger partial charge on any atom is -0.248 e. The summed E-state index contributed by atoms with van der Waals surface area (Å²) >= 11 is 5.83. The molecule has 1 aromatic carbocycles. The van der Waals surface area contributed by atoms with E-state index in [0.717, 1.165) is 23.6 Å². The number of aromatic nitrogens is 3. The smallest absolute Gasteiger partial charge is 0.248 e. The van der Waals surface area contributed by atoms with Crippen molar-refractivity contribution in [3.8, 4) is 11.8 Å². The zero-order valence-electron chi connectivity index (χ0n) is 12.6. The van der Waals surface area contributed by atoms with Crippen LogP contribution in [0.5, 0.6) is 0 Å². The van der Waals surface area contributed by atoms with E-state index in [2.05, 4.69) is 5.10 Å². The maximum atomic E-state index is 14.4. The zero-order valence-corrected chi connectivity index (χ0v) is 14.1. The van der Waals surface area contributed by atoms with Crippen LogP contribution in [0.3, 0.4) is 0 Å². The normalized spacial score (nSPS) is 11.6. The van der Waals surface area contributed by atoms with Gasteiger partial charge in [-0.15, -0.1) is 5.10 Å². The van der Waals surface area contributed by atoms with Crippen LogP contribution < -0.4 is 10.4 Å². The predicted molar refractivity (Wildman–Crippen MR) is 86.7 cm³/mol. The number of pyridine rings is 1. The molecule has 0 unspecified atom stereocenters. The van der Waals surface area contributed by atoms with Gasteiger partial charge in [-0.25, -0.2) is 26.7 Å². The third kappa shape index (κ3) is 2.78. The van der Waals surface area contributed by atoms with Crippen LogP contribution in [-0.4, -0.2) is 29.6 Å². The number of benzene rings is 1. The van der Waals surface area contributed by atoms with Crippen LogP contribution in [0.1, 0.15) is 5.56 Å². The third-order valence-corrected chi connectivity index (χ3v) is 5.11. The summed E-state index contributed by atoms with van der Waals surface area (Å²) in [6, 6.07) is 6.19. The Morgan fingerprint density at radius 1 is 1.36 bits per heavy atom. The lowest BCUT2D eigenvalue weighted by Crippen LogP contribution is -2.23. The zero-order chi connectivity index (χ0) is 18.4. The monoisotopic (exact) mass is 381 g/mol. The van der Waals surface area contributed by atoms with Gasteiger partial charge in [0.25, 0.3) is 0 Å². The molecule has 0 aliphatic heterocycles. The first-order valence-electron chi connectivity index (χ1n) is 6.73. The molecule has 0 atom stereocenters. The standard InChI is InChI=1S/C14H9ClFN5O3S/c1-18-25(23,24)12-5-11(10(16)4-8(12)6-17)21-14(22)20-7-9(15)2-3-13(20)19-21/h2-5,7,18H,1H3. The first kappa shape index (κ1) is 17.1. The predicted octanol–water partition coefficient (Wildman–Crippen LogP) is 1.06. The summed E-state index contributed by atoms with van der Waals surface area (Å²) in [5.74, 6) is -0.969. The quantitative estimate of drug-likeness (QED) is 0.729. The van der Waals surface area contributed by atoms with E-state index in [4.69, 9.17) is 16.9 Å². The molecule has 0 saturated heterocycles. The van der Waals surface area contributed by atoms with E-state index in [1.807, 2.05) is 4.72 Å². The summed E-state index contributed by atoms with van der Waals surface area (Å²) in [6.45, 7) is 0.